The summed E-state index contributed by atoms with van der Waals surface area (Å²) in [7, 11) is -2.46. The quantitative estimate of drug-likeness (QED) is 0.283. The lowest BCUT2D eigenvalue weighted by molar-refractivity contribution is -0.651. The average Bonchev–Trinajstić information content (AvgIpc) is 2.88. The number of aryl methyl sites for hydroxylation is 3. The third-order valence-electron chi connectivity index (χ3n) is 6.72. The van der Waals surface area contributed by atoms with E-state index in [1.54, 1.807) is 42.1 Å². The second kappa shape index (κ2) is 9.01. The van der Waals surface area contributed by atoms with Crippen LogP contribution in [-0.4, -0.2) is 24.9 Å². The second-order valence-electron chi connectivity index (χ2n) is 9.12. The van der Waals surface area contributed by atoms with E-state index in [9.17, 15) is 13.2 Å². The van der Waals surface area contributed by atoms with Crippen LogP contribution in [0.5, 0.6) is 5.75 Å². The summed E-state index contributed by atoms with van der Waals surface area (Å²) in [6.07, 6.45) is 1.62. The number of hydrogen-bond acceptors (Lipinski definition) is 6. The first-order valence-electron chi connectivity index (χ1n) is 11.7. The lowest BCUT2D eigenvalue weighted by atomic mass is 10.1. The Kier molecular flexibility index (Phi) is 5.95. The second-order valence-corrected chi connectivity index (χ2v) is 11.0. The maximum atomic E-state index is 13.8. The number of ether oxygens (including phenoxy) is 1. The lowest BCUT2D eigenvalue weighted by Gasteiger charge is -2.14. The molecule has 0 unspecified atom stereocenters. The number of hydrogen-bond donors (Lipinski definition) is 1. The number of nitrogens with zero attached hydrogens (tertiary/aromatic N) is 3. The van der Waals surface area contributed by atoms with Gasteiger partial charge >= 0.3 is 0 Å². The SMILES string of the molecule is COc1ccc(C[n+]2c(N)c(S(=O)(=O)c3ccc(C)c(C)c3)cc3c(=O)n4cccc(C)c4nc32)cc1. The van der Waals surface area contributed by atoms with Crippen LogP contribution in [0.1, 0.15) is 22.3 Å². The first kappa shape index (κ1) is 24.5. The molecule has 0 spiro atoms. The molecule has 0 fully saturated rings. The van der Waals surface area contributed by atoms with Gasteiger partial charge in [0.2, 0.25) is 21.3 Å². The largest absolute Gasteiger partial charge is 0.497 e. The highest BCUT2D eigenvalue weighted by Crippen LogP contribution is 2.28. The molecule has 0 aliphatic rings. The van der Waals surface area contributed by atoms with Gasteiger partial charge in [-0.1, -0.05) is 29.2 Å². The Bertz CT molecular complexity index is 1860. The van der Waals surface area contributed by atoms with Gasteiger partial charge in [-0.3, -0.25) is 9.20 Å². The molecule has 8 nitrogen and oxygen atoms in total. The molecular weight excluding hydrogens is 488 g/mol. The Labute approximate surface area is 214 Å². The van der Waals surface area contributed by atoms with Gasteiger partial charge in [-0.05, 0) is 73.9 Å². The number of sulfone groups is 1. The van der Waals surface area contributed by atoms with Crippen LogP contribution >= 0.6 is 0 Å². The average molecular weight is 516 g/mol. The van der Waals surface area contributed by atoms with Gasteiger partial charge < -0.3 is 10.5 Å². The van der Waals surface area contributed by atoms with Crippen molar-refractivity contribution in [1.82, 2.24) is 9.38 Å². The Morgan fingerprint density at radius 1 is 0.973 bits per heavy atom. The summed E-state index contributed by atoms with van der Waals surface area (Å²) in [5.74, 6) is 0.696. The molecule has 5 rings (SSSR count). The summed E-state index contributed by atoms with van der Waals surface area (Å²) >= 11 is 0. The fourth-order valence-electron chi connectivity index (χ4n) is 4.38. The summed E-state index contributed by atoms with van der Waals surface area (Å²) in [4.78, 5) is 18.4. The van der Waals surface area contributed by atoms with Crippen molar-refractivity contribution in [3.8, 4) is 5.75 Å². The fraction of sp³-hybridized carbons (Fsp3) is 0.179. The van der Waals surface area contributed by atoms with Gasteiger partial charge in [0.15, 0.2) is 0 Å². The normalized spacial score (nSPS) is 11.8. The number of benzene rings is 2. The molecule has 0 amide bonds. The molecule has 0 saturated carbocycles. The minimum absolute atomic E-state index is 0.00591. The number of methoxy groups -OCH3 is 1. The summed E-state index contributed by atoms with van der Waals surface area (Å²) in [6, 6.07) is 17.3. The number of nitrogen functional groups attached to an aromatic ring is 1. The monoisotopic (exact) mass is 515 g/mol. The first-order valence-corrected chi connectivity index (χ1v) is 13.2. The molecule has 0 saturated heterocycles. The van der Waals surface area contributed by atoms with Crippen molar-refractivity contribution in [2.24, 2.45) is 0 Å². The topological polar surface area (TPSA) is 108 Å². The van der Waals surface area contributed by atoms with Crippen LogP contribution in [0.2, 0.25) is 0 Å². The van der Waals surface area contributed by atoms with E-state index in [1.807, 2.05) is 51.1 Å². The number of nitrogens with two attached hydrogens (primary N) is 1. The molecule has 0 bridgehead atoms. The van der Waals surface area contributed by atoms with E-state index in [-0.39, 0.29) is 33.1 Å². The van der Waals surface area contributed by atoms with Crippen molar-refractivity contribution in [1.29, 1.82) is 0 Å². The molecule has 0 aliphatic heterocycles. The summed E-state index contributed by atoms with van der Waals surface area (Å²) in [6.45, 7) is 5.84. The molecule has 2 aromatic carbocycles. The molecule has 5 aromatic rings. The maximum absolute atomic E-state index is 13.8. The van der Waals surface area contributed by atoms with E-state index >= 15 is 0 Å². The number of anilines is 1. The van der Waals surface area contributed by atoms with Gasteiger partial charge in [0, 0.05) is 11.8 Å². The maximum Gasteiger partial charge on any atom is 0.278 e. The van der Waals surface area contributed by atoms with Gasteiger partial charge in [0.25, 0.3) is 11.2 Å². The molecule has 3 heterocycles. The highest BCUT2D eigenvalue weighted by molar-refractivity contribution is 7.91. The molecular formula is C28H27N4O4S+. The van der Waals surface area contributed by atoms with Crippen LogP contribution in [-0.2, 0) is 16.4 Å². The highest BCUT2D eigenvalue weighted by Gasteiger charge is 2.30. The van der Waals surface area contributed by atoms with Crippen LogP contribution in [0.25, 0.3) is 16.7 Å². The number of pyridine rings is 2. The fourth-order valence-corrected chi connectivity index (χ4v) is 5.87. The zero-order valence-electron chi connectivity index (χ0n) is 21.0. The van der Waals surface area contributed by atoms with Crippen LogP contribution in [0.4, 0.5) is 5.82 Å². The lowest BCUT2D eigenvalue weighted by Crippen LogP contribution is -2.42. The molecule has 0 atom stereocenters. The number of rotatable bonds is 5. The number of aromatic nitrogens is 3. The minimum Gasteiger partial charge on any atom is -0.497 e. The minimum atomic E-state index is -4.05. The van der Waals surface area contributed by atoms with Gasteiger partial charge in [0.1, 0.15) is 16.0 Å². The van der Waals surface area contributed by atoms with Gasteiger partial charge in [-0.25, -0.2) is 13.0 Å². The van der Waals surface area contributed by atoms with Gasteiger partial charge in [-0.2, -0.15) is 0 Å². The molecule has 2 N–H and O–H groups in total. The Hall–Kier alpha value is -4.24. The molecule has 9 heteroatoms. The predicted molar refractivity (Wildman–Crippen MR) is 142 cm³/mol. The van der Waals surface area contributed by atoms with Crippen molar-refractivity contribution in [2.45, 2.75) is 37.1 Å². The third-order valence-corrected chi connectivity index (χ3v) is 8.50. The predicted octanol–water partition coefficient (Wildman–Crippen LogP) is 3.53. The zero-order valence-corrected chi connectivity index (χ0v) is 21.8. The molecule has 188 valence electrons. The van der Waals surface area contributed by atoms with E-state index < -0.39 is 9.84 Å². The van der Waals surface area contributed by atoms with Crippen LogP contribution in [0.15, 0.2) is 81.4 Å². The van der Waals surface area contributed by atoms with E-state index in [1.165, 1.54) is 10.5 Å². The third kappa shape index (κ3) is 4.11. The van der Waals surface area contributed by atoms with Crippen LogP contribution in [0.3, 0.4) is 0 Å². The van der Waals surface area contributed by atoms with E-state index in [0.29, 0.717) is 17.0 Å². The number of fused-ring (bicyclic) bond motifs is 2. The smallest absolute Gasteiger partial charge is 0.278 e. The van der Waals surface area contributed by atoms with E-state index in [4.69, 9.17) is 15.5 Å². The summed E-state index contributed by atoms with van der Waals surface area (Å²) in [5, 5.41) is 0.160. The first-order chi connectivity index (χ1) is 17.6. The van der Waals surface area contributed by atoms with Crippen molar-refractivity contribution in [3.63, 3.8) is 0 Å². The van der Waals surface area contributed by atoms with Crippen molar-refractivity contribution in [2.75, 3.05) is 12.8 Å². The van der Waals surface area contributed by atoms with E-state index in [0.717, 1.165) is 22.3 Å². The van der Waals surface area contributed by atoms with Crippen molar-refractivity contribution < 1.29 is 17.7 Å². The highest BCUT2D eigenvalue weighted by atomic mass is 32.2. The summed E-state index contributed by atoms with van der Waals surface area (Å²) in [5.41, 5.74) is 10.5. The van der Waals surface area contributed by atoms with E-state index in [2.05, 4.69) is 0 Å². The molecule has 0 radical (unpaired) electrons. The van der Waals surface area contributed by atoms with Gasteiger partial charge in [-0.15, -0.1) is 0 Å². The molecule has 0 aliphatic carbocycles. The Balaban J connectivity index is 1.84. The van der Waals surface area contributed by atoms with Gasteiger partial charge in [0.05, 0.1) is 18.6 Å². The van der Waals surface area contributed by atoms with Crippen molar-refractivity contribution in [3.05, 3.63) is 99.5 Å². The molecule has 3 aromatic heterocycles. The summed E-state index contributed by atoms with van der Waals surface area (Å²) < 4.78 is 36.0. The van der Waals surface area contributed by atoms with Crippen LogP contribution < -0.4 is 20.6 Å². The van der Waals surface area contributed by atoms with Crippen LogP contribution in [0, 0.1) is 20.8 Å². The zero-order chi connectivity index (χ0) is 26.5. The Morgan fingerprint density at radius 2 is 1.70 bits per heavy atom. The Morgan fingerprint density at radius 3 is 2.38 bits per heavy atom. The standard InChI is InChI=1S/C28H26N4O4S/c1-17-7-12-22(14-19(17)3)37(34,35)24-15-23-27(30-26-18(2)6-5-13-31(26)28(23)33)32(25(24)29)16-20-8-10-21(36-4)11-9-20/h5-15,29H,16H2,1-4H3/p+1. The van der Waals surface area contributed by atoms with Crippen molar-refractivity contribution >= 4 is 32.3 Å². The molecule has 37 heavy (non-hydrogen) atoms.